The summed E-state index contributed by atoms with van der Waals surface area (Å²) in [7, 11) is -1.24. The highest BCUT2D eigenvalue weighted by atomic mass is 32.2. The van der Waals surface area contributed by atoms with Crippen LogP contribution >= 0.6 is 11.8 Å². The van der Waals surface area contributed by atoms with E-state index in [-0.39, 0.29) is 5.75 Å². The van der Waals surface area contributed by atoms with E-state index >= 15 is 0 Å². The Bertz CT molecular complexity index is 889. The van der Waals surface area contributed by atoms with Gasteiger partial charge in [0, 0.05) is 16.3 Å². The van der Waals surface area contributed by atoms with Crippen molar-refractivity contribution >= 4 is 22.6 Å². The molecule has 2 aromatic rings. The molecule has 1 heterocycles. The standard InChI is InChI=1S/C21H24N2O2S2/c1-14-7-9-17(10-8-14)27(25)13-16(24)12-26-21-20(11-22)19-6-4-3-5-18(19)15(2)23-21/h7-10,16,24H,3-6,12-13H2,1-2H3/t16-,27-/m0/s1. The van der Waals surface area contributed by atoms with Gasteiger partial charge in [-0.1, -0.05) is 17.7 Å². The Kier molecular flexibility index (Phi) is 6.69. The highest BCUT2D eigenvalue weighted by molar-refractivity contribution is 7.99. The van der Waals surface area contributed by atoms with Crippen molar-refractivity contribution in [1.82, 2.24) is 4.98 Å². The van der Waals surface area contributed by atoms with Gasteiger partial charge in [0.05, 0.1) is 28.2 Å². The monoisotopic (exact) mass is 400 g/mol. The third-order valence-electron chi connectivity index (χ3n) is 4.84. The Morgan fingerprint density at radius 2 is 1.89 bits per heavy atom. The van der Waals surface area contributed by atoms with E-state index in [1.54, 1.807) is 0 Å². The van der Waals surface area contributed by atoms with Crippen LogP contribution in [-0.2, 0) is 23.6 Å². The van der Waals surface area contributed by atoms with Gasteiger partial charge in [-0.15, -0.1) is 11.8 Å². The summed E-state index contributed by atoms with van der Waals surface area (Å²) < 4.78 is 12.4. The van der Waals surface area contributed by atoms with E-state index in [9.17, 15) is 14.6 Å². The third kappa shape index (κ3) is 4.78. The molecule has 1 N–H and O–H groups in total. The second-order valence-electron chi connectivity index (χ2n) is 6.94. The summed E-state index contributed by atoms with van der Waals surface area (Å²) >= 11 is 1.39. The zero-order valence-corrected chi connectivity index (χ0v) is 17.3. The lowest BCUT2D eigenvalue weighted by Crippen LogP contribution is -2.20. The second-order valence-corrected chi connectivity index (χ2v) is 9.45. The summed E-state index contributed by atoms with van der Waals surface area (Å²) in [6.07, 6.45) is 3.45. The van der Waals surface area contributed by atoms with Crippen molar-refractivity contribution in [3.63, 3.8) is 0 Å². The van der Waals surface area contributed by atoms with Gasteiger partial charge in [0.25, 0.3) is 0 Å². The minimum Gasteiger partial charge on any atom is -0.391 e. The number of nitrogens with zero attached hydrogens (tertiary/aromatic N) is 2. The van der Waals surface area contributed by atoms with Crippen molar-refractivity contribution in [2.24, 2.45) is 0 Å². The van der Waals surface area contributed by atoms with Crippen LogP contribution in [0.2, 0.25) is 0 Å². The lowest BCUT2D eigenvalue weighted by atomic mass is 9.88. The molecule has 2 atom stereocenters. The summed E-state index contributed by atoms with van der Waals surface area (Å²) in [4.78, 5) is 5.36. The van der Waals surface area contributed by atoms with Crippen LogP contribution in [0.25, 0.3) is 0 Å². The molecule has 0 amide bonds. The van der Waals surface area contributed by atoms with Gasteiger partial charge in [0.2, 0.25) is 0 Å². The van der Waals surface area contributed by atoms with Gasteiger partial charge in [-0.2, -0.15) is 5.26 Å². The lowest BCUT2D eigenvalue weighted by molar-refractivity contribution is 0.224. The van der Waals surface area contributed by atoms with Gasteiger partial charge in [-0.25, -0.2) is 4.98 Å². The Hall–Kier alpha value is -1.68. The number of pyridine rings is 1. The smallest absolute Gasteiger partial charge is 0.114 e. The zero-order valence-electron chi connectivity index (χ0n) is 15.7. The number of aromatic nitrogens is 1. The molecule has 1 aliphatic rings. The van der Waals surface area contributed by atoms with Crippen LogP contribution in [-0.4, -0.2) is 31.9 Å². The number of thioether (sulfide) groups is 1. The SMILES string of the molecule is Cc1ccc([S@@](=O)C[C@@H](O)CSc2nc(C)c3c(c2C#N)CCCC3)cc1. The van der Waals surface area contributed by atoms with E-state index in [4.69, 9.17) is 0 Å². The number of rotatable bonds is 6. The molecule has 0 unspecified atom stereocenters. The van der Waals surface area contributed by atoms with Crippen LogP contribution in [0.1, 0.15) is 40.8 Å². The molecule has 1 aromatic heterocycles. The molecule has 0 radical (unpaired) electrons. The van der Waals surface area contributed by atoms with Crippen LogP contribution in [0.3, 0.4) is 0 Å². The minimum atomic E-state index is -1.24. The minimum absolute atomic E-state index is 0.182. The number of nitriles is 1. The fourth-order valence-corrected chi connectivity index (χ4v) is 5.62. The van der Waals surface area contributed by atoms with Gasteiger partial charge >= 0.3 is 0 Å². The van der Waals surface area contributed by atoms with Crippen LogP contribution in [0.4, 0.5) is 0 Å². The highest BCUT2D eigenvalue weighted by Crippen LogP contribution is 2.32. The molecule has 0 aliphatic heterocycles. The van der Waals surface area contributed by atoms with Crippen molar-refractivity contribution in [3.05, 3.63) is 52.2 Å². The summed E-state index contributed by atoms with van der Waals surface area (Å²) in [5.41, 5.74) is 5.13. The molecule has 0 saturated heterocycles. The quantitative estimate of drug-likeness (QED) is 0.748. The van der Waals surface area contributed by atoms with E-state index in [1.807, 2.05) is 38.1 Å². The molecule has 0 saturated carbocycles. The number of benzene rings is 1. The van der Waals surface area contributed by atoms with E-state index in [0.29, 0.717) is 16.3 Å². The summed E-state index contributed by atoms with van der Waals surface area (Å²) in [5, 5.41) is 20.7. The van der Waals surface area contributed by atoms with E-state index in [2.05, 4.69) is 11.1 Å². The van der Waals surface area contributed by atoms with Crippen LogP contribution in [0.15, 0.2) is 34.2 Å². The molecule has 1 aliphatic carbocycles. The number of aliphatic hydroxyl groups is 1. The topological polar surface area (TPSA) is 74.0 Å². The molecule has 3 rings (SSSR count). The van der Waals surface area contributed by atoms with E-state index < -0.39 is 16.9 Å². The fraction of sp³-hybridized carbons (Fsp3) is 0.429. The van der Waals surface area contributed by atoms with Crippen LogP contribution in [0, 0.1) is 25.2 Å². The molecular weight excluding hydrogens is 376 g/mol. The highest BCUT2D eigenvalue weighted by Gasteiger charge is 2.21. The first kappa shape index (κ1) is 20.1. The molecule has 0 bridgehead atoms. The summed E-state index contributed by atoms with van der Waals surface area (Å²) in [6.45, 7) is 3.98. The summed E-state index contributed by atoms with van der Waals surface area (Å²) in [6, 6.07) is 9.85. The van der Waals surface area contributed by atoms with Crippen molar-refractivity contribution in [2.45, 2.75) is 55.6 Å². The zero-order chi connectivity index (χ0) is 19.4. The van der Waals surface area contributed by atoms with Gasteiger partial charge in [-0.3, -0.25) is 4.21 Å². The molecule has 6 heteroatoms. The number of aryl methyl sites for hydroxylation is 2. The number of hydrogen-bond acceptors (Lipinski definition) is 5. The number of hydrogen-bond donors (Lipinski definition) is 1. The average Bonchev–Trinajstić information content (AvgIpc) is 2.67. The van der Waals surface area contributed by atoms with Gasteiger partial charge in [0.1, 0.15) is 11.1 Å². The number of fused-ring (bicyclic) bond motifs is 1. The maximum Gasteiger partial charge on any atom is 0.114 e. The van der Waals surface area contributed by atoms with Crippen molar-refractivity contribution < 1.29 is 9.32 Å². The largest absolute Gasteiger partial charge is 0.391 e. The number of aliphatic hydroxyl groups excluding tert-OH is 1. The van der Waals surface area contributed by atoms with Crippen molar-refractivity contribution in [3.8, 4) is 6.07 Å². The van der Waals surface area contributed by atoms with Gasteiger partial charge in [-0.05, 0) is 62.8 Å². The Morgan fingerprint density at radius 3 is 2.56 bits per heavy atom. The fourth-order valence-electron chi connectivity index (χ4n) is 3.39. The maximum atomic E-state index is 12.4. The van der Waals surface area contributed by atoms with Crippen molar-refractivity contribution in [1.29, 1.82) is 5.26 Å². The molecule has 0 fully saturated rings. The first-order chi connectivity index (χ1) is 13.0. The third-order valence-corrected chi connectivity index (χ3v) is 7.45. The molecular formula is C21H24N2O2S2. The lowest BCUT2D eigenvalue weighted by Gasteiger charge is -2.21. The maximum absolute atomic E-state index is 12.4. The molecule has 0 spiro atoms. The van der Waals surface area contributed by atoms with Crippen molar-refractivity contribution in [2.75, 3.05) is 11.5 Å². The first-order valence-corrected chi connectivity index (χ1v) is 11.5. The van der Waals surface area contributed by atoms with Gasteiger partial charge in [0.15, 0.2) is 0 Å². The molecule has 4 nitrogen and oxygen atoms in total. The predicted molar refractivity (Wildman–Crippen MR) is 110 cm³/mol. The normalized spacial score (nSPS) is 15.6. The Labute approximate surface area is 167 Å². The second kappa shape index (κ2) is 9.01. The van der Waals surface area contributed by atoms with Crippen LogP contribution in [0.5, 0.6) is 0 Å². The van der Waals surface area contributed by atoms with Gasteiger partial charge < -0.3 is 5.11 Å². The van der Waals surface area contributed by atoms with Crippen LogP contribution < -0.4 is 0 Å². The molecule has 27 heavy (non-hydrogen) atoms. The Morgan fingerprint density at radius 1 is 1.22 bits per heavy atom. The first-order valence-electron chi connectivity index (χ1n) is 9.18. The molecule has 142 valence electrons. The average molecular weight is 401 g/mol. The molecule has 1 aromatic carbocycles. The Balaban J connectivity index is 1.67. The predicted octanol–water partition coefficient (Wildman–Crippen LogP) is 3.71. The van der Waals surface area contributed by atoms with E-state index in [1.165, 1.54) is 17.3 Å². The van der Waals surface area contributed by atoms with E-state index in [0.717, 1.165) is 47.4 Å². The summed E-state index contributed by atoms with van der Waals surface area (Å²) in [5.74, 6) is 0.555.